The molecule has 2 rings (SSSR count). The monoisotopic (exact) mass is 521 g/mol. The van der Waals surface area contributed by atoms with Gasteiger partial charge in [-0.1, -0.05) is 19.1 Å². The Kier molecular flexibility index (Phi) is 9.75. The summed E-state index contributed by atoms with van der Waals surface area (Å²) in [6.45, 7) is 8.11. The lowest BCUT2D eigenvalue weighted by Crippen LogP contribution is -2.39. The van der Waals surface area contributed by atoms with E-state index in [1.807, 2.05) is 26.0 Å². The predicted octanol–water partition coefficient (Wildman–Crippen LogP) is 3.94. The minimum atomic E-state index is -3.19. The molecule has 1 aromatic heterocycles. The first kappa shape index (κ1) is 23.9. The van der Waals surface area contributed by atoms with Gasteiger partial charge in [-0.2, -0.15) is 11.3 Å². The van der Waals surface area contributed by atoms with Crippen LogP contribution in [-0.2, 0) is 16.4 Å². The predicted molar refractivity (Wildman–Crippen MR) is 125 cm³/mol. The molecular formula is C19H28IN3O2S2. The van der Waals surface area contributed by atoms with Gasteiger partial charge in [-0.25, -0.2) is 13.4 Å². The molecule has 150 valence electrons. The van der Waals surface area contributed by atoms with E-state index in [0.717, 1.165) is 30.2 Å². The zero-order valence-electron chi connectivity index (χ0n) is 16.2. The zero-order chi connectivity index (χ0) is 19.2. The van der Waals surface area contributed by atoms with Gasteiger partial charge in [0.1, 0.15) is 0 Å². The molecule has 1 heterocycles. The number of guanidine groups is 1. The first-order valence-corrected chi connectivity index (χ1v) is 11.5. The molecule has 0 spiro atoms. The minimum Gasteiger partial charge on any atom is -0.357 e. The topological polar surface area (TPSA) is 70.6 Å². The molecule has 0 amide bonds. The van der Waals surface area contributed by atoms with Crippen LogP contribution in [0.5, 0.6) is 0 Å². The van der Waals surface area contributed by atoms with Crippen molar-refractivity contribution in [2.75, 3.05) is 19.3 Å². The second-order valence-electron chi connectivity index (χ2n) is 6.41. The number of nitrogens with zero attached hydrogens (tertiary/aromatic N) is 1. The molecule has 0 aliphatic heterocycles. The molecule has 0 aliphatic carbocycles. The summed E-state index contributed by atoms with van der Waals surface area (Å²) in [6.07, 6.45) is 1.23. The Hall–Kier alpha value is -1.13. The fourth-order valence-electron chi connectivity index (χ4n) is 2.66. The Balaban J connectivity index is 0.00000364. The van der Waals surface area contributed by atoms with Crippen LogP contribution in [0.4, 0.5) is 0 Å². The molecule has 5 nitrogen and oxygen atoms in total. The molecule has 0 saturated carbocycles. The van der Waals surface area contributed by atoms with Crippen LogP contribution in [0.25, 0.3) is 0 Å². The van der Waals surface area contributed by atoms with Crippen molar-refractivity contribution in [2.45, 2.75) is 38.1 Å². The fourth-order valence-corrected chi connectivity index (χ4v) is 4.40. The Morgan fingerprint density at radius 1 is 1.26 bits per heavy atom. The smallest absolute Gasteiger partial charge is 0.191 e. The van der Waals surface area contributed by atoms with Crippen molar-refractivity contribution in [3.8, 4) is 0 Å². The van der Waals surface area contributed by atoms with Gasteiger partial charge in [0.15, 0.2) is 15.8 Å². The standard InChI is InChI=1S/C19H27N3O2S2.HI/c1-5-20-19(21-11-15(3)17-8-9-25-13-17)22-12-16-6-7-18(14(2)10-16)26(4,23)24;/h6-10,13,15H,5,11-12H2,1-4H3,(H2,20,21,22);1H. The van der Waals surface area contributed by atoms with Crippen LogP contribution in [0.2, 0.25) is 0 Å². The van der Waals surface area contributed by atoms with Gasteiger partial charge in [-0.15, -0.1) is 24.0 Å². The molecule has 8 heteroatoms. The maximum absolute atomic E-state index is 11.7. The third-order valence-corrected chi connectivity index (χ3v) is 6.05. The molecule has 0 radical (unpaired) electrons. The average Bonchev–Trinajstić information content (AvgIpc) is 3.10. The van der Waals surface area contributed by atoms with E-state index >= 15 is 0 Å². The summed E-state index contributed by atoms with van der Waals surface area (Å²) in [4.78, 5) is 4.99. The number of benzene rings is 1. The summed E-state index contributed by atoms with van der Waals surface area (Å²) >= 11 is 1.71. The van der Waals surface area contributed by atoms with Crippen molar-refractivity contribution in [1.82, 2.24) is 10.6 Å². The summed E-state index contributed by atoms with van der Waals surface area (Å²) in [5.41, 5.74) is 3.06. The van der Waals surface area contributed by atoms with Crippen molar-refractivity contribution in [3.63, 3.8) is 0 Å². The molecule has 0 bridgehead atoms. The number of hydrogen-bond acceptors (Lipinski definition) is 4. The molecule has 1 unspecified atom stereocenters. The normalized spacial score (nSPS) is 13.0. The maximum Gasteiger partial charge on any atom is 0.191 e. The highest BCUT2D eigenvalue weighted by Crippen LogP contribution is 2.18. The summed E-state index contributed by atoms with van der Waals surface area (Å²) in [7, 11) is -3.19. The Labute approximate surface area is 183 Å². The van der Waals surface area contributed by atoms with Gasteiger partial charge in [0, 0.05) is 19.3 Å². The summed E-state index contributed by atoms with van der Waals surface area (Å²) < 4.78 is 23.4. The Morgan fingerprint density at radius 2 is 2.00 bits per heavy atom. The SMILES string of the molecule is CCNC(=NCc1ccc(S(C)(=O)=O)c(C)c1)NCC(C)c1ccsc1.I. The van der Waals surface area contributed by atoms with E-state index in [1.54, 1.807) is 17.4 Å². The van der Waals surface area contributed by atoms with Crippen molar-refractivity contribution in [3.05, 3.63) is 51.7 Å². The van der Waals surface area contributed by atoms with Gasteiger partial charge in [-0.05, 0) is 59.3 Å². The van der Waals surface area contributed by atoms with Gasteiger partial charge < -0.3 is 10.6 Å². The second kappa shape index (κ2) is 11.0. The lowest BCUT2D eigenvalue weighted by molar-refractivity contribution is 0.601. The van der Waals surface area contributed by atoms with Gasteiger partial charge in [-0.3, -0.25) is 0 Å². The van der Waals surface area contributed by atoms with Crippen LogP contribution >= 0.6 is 35.3 Å². The highest BCUT2D eigenvalue weighted by atomic mass is 127. The van der Waals surface area contributed by atoms with E-state index in [2.05, 4.69) is 39.4 Å². The van der Waals surface area contributed by atoms with Crippen molar-refractivity contribution >= 4 is 51.1 Å². The van der Waals surface area contributed by atoms with Gasteiger partial charge in [0.05, 0.1) is 11.4 Å². The molecule has 0 fully saturated rings. The molecule has 0 saturated heterocycles. The lowest BCUT2D eigenvalue weighted by atomic mass is 10.1. The van der Waals surface area contributed by atoms with Crippen molar-refractivity contribution in [1.29, 1.82) is 0 Å². The van der Waals surface area contributed by atoms with Crippen LogP contribution in [0.1, 0.15) is 36.5 Å². The van der Waals surface area contributed by atoms with E-state index in [4.69, 9.17) is 0 Å². The highest BCUT2D eigenvalue weighted by Gasteiger charge is 2.11. The van der Waals surface area contributed by atoms with E-state index in [0.29, 0.717) is 17.4 Å². The average molecular weight is 521 g/mol. The number of nitrogens with one attached hydrogen (secondary N) is 2. The number of rotatable bonds is 7. The number of sulfone groups is 1. The summed E-state index contributed by atoms with van der Waals surface area (Å²) in [5.74, 6) is 1.17. The van der Waals surface area contributed by atoms with E-state index < -0.39 is 9.84 Å². The van der Waals surface area contributed by atoms with E-state index in [9.17, 15) is 8.42 Å². The number of aliphatic imine (C=N–C) groups is 1. The largest absolute Gasteiger partial charge is 0.357 e. The maximum atomic E-state index is 11.7. The first-order valence-electron chi connectivity index (χ1n) is 8.65. The fraction of sp³-hybridized carbons (Fsp3) is 0.421. The van der Waals surface area contributed by atoms with Crippen LogP contribution in [0, 0.1) is 6.92 Å². The van der Waals surface area contributed by atoms with Gasteiger partial charge in [0.2, 0.25) is 0 Å². The van der Waals surface area contributed by atoms with Gasteiger partial charge >= 0.3 is 0 Å². The number of thiophene rings is 1. The summed E-state index contributed by atoms with van der Waals surface area (Å²) in [5, 5.41) is 10.9. The Morgan fingerprint density at radius 3 is 2.56 bits per heavy atom. The van der Waals surface area contributed by atoms with Gasteiger partial charge in [0.25, 0.3) is 0 Å². The number of aryl methyl sites for hydroxylation is 1. The van der Waals surface area contributed by atoms with E-state index in [-0.39, 0.29) is 24.0 Å². The lowest BCUT2D eigenvalue weighted by Gasteiger charge is -2.15. The molecule has 2 aromatic rings. The van der Waals surface area contributed by atoms with Crippen molar-refractivity contribution < 1.29 is 8.42 Å². The van der Waals surface area contributed by atoms with Crippen LogP contribution < -0.4 is 10.6 Å². The Bertz CT molecular complexity index is 850. The quantitative estimate of drug-likeness (QED) is 0.329. The second-order valence-corrected chi connectivity index (χ2v) is 9.17. The van der Waals surface area contributed by atoms with Crippen LogP contribution in [0.3, 0.4) is 0 Å². The van der Waals surface area contributed by atoms with Crippen LogP contribution in [-0.4, -0.2) is 33.7 Å². The zero-order valence-corrected chi connectivity index (χ0v) is 20.1. The molecule has 27 heavy (non-hydrogen) atoms. The molecule has 0 aliphatic rings. The third-order valence-electron chi connectivity index (χ3n) is 4.09. The minimum absolute atomic E-state index is 0. The number of hydrogen-bond donors (Lipinski definition) is 2. The molecule has 2 N–H and O–H groups in total. The molecule has 1 aromatic carbocycles. The first-order chi connectivity index (χ1) is 12.3. The van der Waals surface area contributed by atoms with E-state index in [1.165, 1.54) is 11.8 Å². The third kappa shape index (κ3) is 7.42. The highest BCUT2D eigenvalue weighted by molar-refractivity contribution is 14.0. The molecular weight excluding hydrogens is 493 g/mol. The number of halogens is 1. The summed E-state index contributed by atoms with van der Waals surface area (Å²) in [6, 6.07) is 7.52. The van der Waals surface area contributed by atoms with Crippen LogP contribution in [0.15, 0.2) is 44.9 Å². The molecule has 1 atom stereocenters. The van der Waals surface area contributed by atoms with Crippen molar-refractivity contribution in [2.24, 2.45) is 4.99 Å².